The van der Waals surface area contributed by atoms with Gasteiger partial charge in [0, 0.05) is 42.3 Å². The summed E-state index contributed by atoms with van der Waals surface area (Å²) in [6.07, 6.45) is 0. The zero-order valence-electron chi connectivity index (χ0n) is 16.1. The van der Waals surface area contributed by atoms with Crippen molar-refractivity contribution in [3.05, 3.63) is 53.6 Å². The van der Waals surface area contributed by atoms with Gasteiger partial charge in [-0.15, -0.1) is 11.8 Å². The third kappa shape index (κ3) is 4.37. The Morgan fingerprint density at radius 3 is 2.55 bits per heavy atom. The molecule has 29 heavy (non-hydrogen) atoms. The molecule has 2 aromatic rings. The van der Waals surface area contributed by atoms with E-state index in [1.54, 1.807) is 21.9 Å². The molecule has 8 heteroatoms. The summed E-state index contributed by atoms with van der Waals surface area (Å²) in [4.78, 5) is 41.4. The van der Waals surface area contributed by atoms with E-state index >= 15 is 0 Å². The molecule has 2 aliphatic rings. The van der Waals surface area contributed by atoms with Gasteiger partial charge >= 0.3 is 6.03 Å². The highest BCUT2D eigenvalue weighted by atomic mass is 32.2. The summed E-state index contributed by atoms with van der Waals surface area (Å²) in [5.41, 5.74) is 3.08. The van der Waals surface area contributed by atoms with Crippen molar-refractivity contribution in [2.24, 2.45) is 0 Å². The van der Waals surface area contributed by atoms with Crippen LogP contribution in [0.15, 0.2) is 47.4 Å². The normalized spacial score (nSPS) is 16.1. The number of urea groups is 1. The van der Waals surface area contributed by atoms with Crippen LogP contribution in [0.3, 0.4) is 0 Å². The minimum Gasteiger partial charge on any atom is -0.335 e. The van der Waals surface area contributed by atoms with Gasteiger partial charge in [0.15, 0.2) is 0 Å². The minimum atomic E-state index is -0.156. The van der Waals surface area contributed by atoms with Crippen LogP contribution >= 0.6 is 11.8 Å². The summed E-state index contributed by atoms with van der Waals surface area (Å²) in [5.74, 6) is 0.254. The molecule has 0 aromatic heterocycles. The lowest BCUT2D eigenvalue weighted by Gasteiger charge is -2.35. The molecule has 2 N–H and O–H groups in total. The lowest BCUT2D eigenvalue weighted by atomic mass is 10.1. The minimum absolute atomic E-state index is 0.0552. The number of carbonyl (C=O) groups is 3. The third-order valence-electron chi connectivity index (χ3n) is 4.98. The molecule has 7 nitrogen and oxygen atoms in total. The van der Waals surface area contributed by atoms with E-state index < -0.39 is 0 Å². The van der Waals surface area contributed by atoms with Gasteiger partial charge in [-0.25, -0.2) is 4.79 Å². The van der Waals surface area contributed by atoms with Crippen molar-refractivity contribution in [1.29, 1.82) is 0 Å². The summed E-state index contributed by atoms with van der Waals surface area (Å²) < 4.78 is 0. The van der Waals surface area contributed by atoms with Gasteiger partial charge in [0.25, 0.3) is 5.91 Å². The number of amides is 4. The van der Waals surface area contributed by atoms with Gasteiger partial charge in [-0.3, -0.25) is 9.59 Å². The Labute approximate surface area is 173 Å². The van der Waals surface area contributed by atoms with Crippen molar-refractivity contribution >= 4 is 41.0 Å². The van der Waals surface area contributed by atoms with Crippen LogP contribution in [0, 0.1) is 6.92 Å². The number of rotatable bonds is 2. The lowest BCUT2D eigenvalue weighted by molar-refractivity contribution is -0.113. The van der Waals surface area contributed by atoms with E-state index in [1.807, 2.05) is 37.3 Å². The summed E-state index contributed by atoms with van der Waals surface area (Å²) >= 11 is 1.47. The second-order valence-electron chi connectivity index (χ2n) is 7.13. The molecule has 150 valence electrons. The quantitative estimate of drug-likeness (QED) is 0.797. The maximum absolute atomic E-state index is 12.9. The molecule has 1 fully saturated rings. The van der Waals surface area contributed by atoms with Crippen molar-refractivity contribution in [2.45, 2.75) is 11.8 Å². The molecule has 0 atom stereocenters. The number of nitrogens with zero attached hydrogens (tertiary/aromatic N) is 2. The van der Waals surface area contributed by atoms with Crippen molar-refractivity contribution in [2.75, 3.05) is 42.6 Å². The van der Waals surface area contributed by atoms with Crippen LogP contribution in [0.25, 0.3) is 0 Å². The smallest absolute Gasteiger partial charge is 0.321 e. The Balaban J connectivity index is 1.35. The van der Waals surface area contributed by atoms with Gasteiger partial charge in [-0.1, -0.05) is 12.1 Å². The predicted octanol–water partition coefficient (Wildman–Crippen LogP) is 3.03. The van der Waals surface area contributed by atoms with E-state index in [2.05, 4.69) is 10.6 Å². The standard InChI is InChI=1S/C21H22N4O3S/c1-14-3-2-4-16(11-14)22-21(28)25-9-7-24(8-10-25)20(27)15-5-6-18-17(12-15)23-19(26)13-29-18/h2-6,11-12H,7-10,13H2,1H3,(H,22,28)(H,23,26). The fourth-order valence-electron chi connectivity index (χ4n) is 3.44. The molecule has 0 aliphatic carbocycles. The van der Waals surface area contributed by atoms with E-state index in [0.717, 1.165) is 16.1 Å². The van der Waals surface area contributed by atoms with Gasteiger partial charge in [-0.2, -0.15) is 0 Å². The second kappa shape index (κ2) is 8.16. The molecule has 0 saturated carbocycles. The van der Waals surface area contributed by atoms with Gasteiger partial charge in [0.1, 0.15) is 0 Å². The van der Waals surface area contributed by atoms with Gasteiger partial charge in [0.05, 0.1) is 11.4 Å². The fourth-order valence-corrected chi connectivity index (χ4v) is 4.23. The van der Waals surface area contributed by atoms with Crippen LogP contribution in [-0.2, 0) is 4.79 Å². The summed E-state index contributed by atoms with van der Waals surface area (Å²) in [6, 6.07) is 12.9. The van der Waals surface area contributed by atoms with E-state index in [4.69, 9.17) is 0 Å². The molecular formula is C21H22N4O3S. The van der Waals surface area contributed by atoms with Crippen LogP contribution in [0.1, 0.15) is 15.9 Å². The zero-order chi connectivity index (χ0) is 20.4. The maximum atomic E-state index is 12.9. The zero-order valence-corrected chi connectivity index (χ0v) is 16.9. The fraction of sp³-hybridized carbons (Fsp3) is 0.286. The van der Waals surface area contributed by atoms with Gasteiger partial charge in [-0.05, 0) is 42.8 Å². The van der Waals surface area contributed by atoms with Gasteiger partial charge < -0.3 is 20.4 Å². The summed E-state index contributed by atoms with van der Waals surface area (Å²) in [7, 11) is 0. The van der Waals surface area contributed by atoms with Crippen LogP contribution in [0.4, 0.5) is 16.2 Å². The van der Waals surface area contributed by atoms with E-state index in [0.29, 0.717) is 43.2 Å². The first-order valence-electron chi connectivity index (χ1n) is 9.48. The Kier molecular flexibility index (Phi) is 5.44. The predicted molar refractivity (Wildman–Crippen MR) is 113 cm³/mol. The summed E-state index contributed by atoms with van der Waals surface area (Å²) in [6.45, 7) is 3.86. The lowest BCUT2D eigenvalue weighted by Crippen LogP contribution is -2.51. The number of thioether (sulfide) groups is 1. The van der Waals surface area contributed by atoms with Crippen molar-refractivity contribution in [1.82, 2.24) is 9.80 Å². The largest absolute Gasteiger partial charge is 0.335 e. The first-order valence-corrected chi connectivity index (χ1v) is 10.5. The number of nitrogens with one attached hydrogen (secondary N) is 2. The number of piperazine rings is 1. The number of hydrogen-bond donors (Lipinski definition) is 2. The van der Waals surface area contributed by atoms with Crippen molar-refractivity contribution in [3.63, 3.8) is 0 Å². The average molecular weight is 410 g/mol. The molecular weight excluding hydrogens is 388 g/mol. The highest BCUT2D eigenvalue weighted by Gasteiger charge is 2.26. The highest BCUT2D eigenvalue weighted by Crippen LogP contribution is 2.32. The van der Waals surface area contributed by atoms with Crippen molar-refractivity contribution in [3.8, 4) is 0 Å². The second-order valence-corrected chi connectivity index (χ2v) is 8.14. The highest BCUT2D eigenvalue weighted by molar-refractivity contribution is 8.00. The van der Waals surface area contributed by atoms with Crippen LogP contribution in [0.2, 0.25) is 0 Å². The molecule has 1 saturated heterocycles. The van der Waals surface area contributed by atoms with E-state index in [9.17, 15) is 14.4 Å². The Morgan fingerprint density at radius 2 is 1.79 bits per heavy atom. The number of aryl methyl sites for hydroxylation is 1. The molecule has 0 radical (unpaired) electrons. The van der Waals surface area contributed by atoms with E-state index in [1.165, 1.54) is 11.8 Å². The molecule has 2 heterocycles. The Hall–Kier alpha value is -3.00. The number of fused-ring (bicyclic) bond motifs is 1. The topological polar surface area (TPSA) is 81.8 Å². The average Bonchev–Trinajstić information content (AvgIpc) is 2.73. The Bertz CT molecular complexity index is 970. The maximum Gasteiger partial charge on any atom is 0.321 e. The van der Waals surface area contributed by atoms with Crippen LogP contribution < -0.4 is 10.6 Å². The monoisotopic (exact) mass is 410 g/mol. The van der Waals surface area contributed by atoms with Gasteiger partial charge in [0.2, 0.25) is 5.91 Å². The summed E-state index contributed by atoms with van der Waals surface area (Å²) in [5, 5.41) is 5.72. The Morgan fingerprint density at radius 1 is 1.03 bits per heavy atom. The third-order valence-corrected chi connectivity index (χ3v) is 6.06. The van der Waals surface area contributed by atoms with Crippen molar-refractivity contribution < 1.29 is 14.4 Å². The number of hydrogen-bond acceptors (Lipinski definition) is 4. The van der Waals surface area contributed by atoms with E-state index in [-0.39, 0.29) is 17.8 Å². The molecule has 2 aliphatic heterocycles. The molecule has 2 aromatic carbocycles. The molecule has 0 spiro atoms. The first-order chi connectivity index (χ1) is 14.0. The number of anilines is 2. The molecule has 4 rings (SSSR count). The molecule has 0 unspecified atom stereocenters. The molecule has 4 amide bonds. The molecule has 0 bridgehead atoms. The number of carbonyl (C=O) groups excluding carboxylic acids is 3. The van der Waals surface area contributed by atoms with Crippen LogP contribution in [0.5, 0.6) is 0 Å². The number of benzene rings is 2. The van der Waals surface area contributed by atoms with Crippen LogP contribution in [-0.4, -0.2) is 59.6 Å². The SMILES string of the molecule is Cc1cccc(NC(=O)N2CCN(C(=O)c3ccc4c(c3)NC(=O)CS4)CC2)c1. The first kappa shape index (κ1) is 19.3.